The third-order valence-corrected chi connectivity index (χ3v) is 4.56. The highest BCUT2D eigenvalue weighted by Gasteiger charge is 2.22. The van der Waals surface area contributed by atoms with E-state index < -0.39 is 0 Å². The average Bonchev–Trinajstić information content (AvgIpc) is 3.12. The Morgan fingerprint density at radius 1 is 1.07 bits per heavy atom. The summed E-state index contributed by atoms with van der Waals surface area (Å²) in [7, 11) is 0. The number of aromatic nitrogens is 1. The molecule has 0 aliphatic carbocycles. The molecule has 1 N–H and O–H groups in total. The minimum Gasteiger partial charge on any atom is -0.489 e. The number of carbonyl (C=O) groups excluding carboxylic acids is 1. The maximum absolute atomic E-state index is 12.9. The number of fused-ring (bicyclic) bond motifs is 1. The molecule has 0 bridgehead atoms. The van der Waals surface area contributed by atoms with E-state index in [2.05, 4.69) is 10.3 Å². The zero-order chi connectivity index (χ0) is 19.3. The fourth-order valence-corrected chi connectivity index (χ4v) is 3.08. The van der Waals surface area contributed by atoms with E-state index in [1.165, 1.54) is 0 Å². The first kappa shape index (κ1) is 17.8. The number of hydrogen-bond acceptors (Lipinski definition) is 4. The van der Waals surface area contributed by atoms with Crippen molar-refractivity contribution in [3.8, 4) is 5.75 Å². The van der Waals surface area contributed by atoms with E-state index in [0.29, 0.717) is 5.58 Å². The lowest BCUT2D eigenvalue weighted by atomic mass is 10.1. The van der Waals surface area contributed by atoms with Gasteiger partial charge >= 0.3 is 0 Å². The maximum Gasteiger partial charge on any atom is 0.287 e. The van der Waals surface area contributed by atoms with E-state index >= 15 is 0 Å². The predicted molar refractivity (Wildman–Crippen MR) is 107 cm³/mol. The van der Waals surface area contributed by atoms with Crippen molar-refractivity contribution in [3.05, 3.63) is 96.0 Å². The summed E-state index contributed by atoms with van der Waals surface area (Å²) in [6, 6.07) is 20.7. The van der Waals surface area contributed by atoms with Crippen molar-refractivity contribution in [1.29, 1.82) is 0 Å². The lowest BCUT2D eigenvalue weighted by Gasteiger charge is -2.13. The number of furan rings is 1. The molecule has 0 saturated carbocycles. The van der Waals surface area contributed by atoms with Crippen LogP contribution in [-0.2, 0) is 6.61 Å². The molecule has 2 aromatic carbocycles. The molecule has 1 atom stereocenters. The lowest BCUT2D eigenvalue weighted by molar-refractivity contribution is 0.0910. The number of rotatable bonds is 6. The van der Waals surface area contributed by atoms with Gasteiger partial charge in [0.1, 0.15) is 17.9 Å². The highest BCUT2D eigenvalue weighted by molar-refractivity contribution is 5.99. The summed E-state index contributed by atoms with van der Waals surface area (Å²) in [6.07, 6.45) is 3.44. The molecular formula is C23H20N2O3. The van der Waals surface area contributed by atoms with E-state index in [1.54, 1.807) is 12.4 Å². The Hall–Kier alpha value is -3.60. The van der Waals surface area contributed by atoms with Crippen LogP contribution in [0, 0.1) is 0 Å². The summed E-state index contributed by atoms with van der Waals surface area (Å²) in [5.41, 5.74) is 2.32. The lowest BCUT2D eigenvalue weighted by Crippen LogP contribution is -2.27. The minimum absolute atomic E-state index is 0.197. The van der Waals surface area contributed by atoms with Gasteiger partial charge in [-0.3, -0.25) is 9.78 Å². The molecule has 0 fully saturated rings. The van der Waals surface area contributed by atoms with Crippen molar-refractivity contribution in [2.45, 2.75) is 19.6 Å². The smallest absolute Gasteiger partial charge is 0.287 e. The number of benzene rings is 2. The Morgan fingerprint density at radius 3 is 2.64 bits per heavy atom. The van der Waals surface area contributed by atoms with Crippen molar-refractivity contribution in [2.75, 3.05) is 0 Å². The molecule has 5 nitrogen and oxygen atoms in total. The third-order valence-electron chi connectivity index (χ3n) is 4.56. The first-order valence-electron chi connectivity index (χ1n) is 9.11. The summed E-state index contributed by atoms with van der Waals surface area (Å²) >= 11 is 0. The van der Waals surface area contributed by atoms with Crippen LogP contribution in [0.3, 0.4) is 0 Å². The predicted octanol–water partition coefficient (Wildman–Crippen LogP) is 4.90. The fourth-order valence-electron chi connectivity index (χ4n) is 3.08. The second-order valence-corrected chi connectivity index (χ2v) is 6.49. The standard InChI is InChI=1S/C23H20N2O3/c1-16(17-8-7-13-24-14-17)25-23(26)22-20(15-27-18-9-3-2-4-10-18)19-11-5-6-12-21(19)28-22/h2-14,16H,15H2,1H3,(H,25,26)/t16-/m1/s1. The molecule has 0 saturated heterocycles. The molecule has 2 heterocycles. The van der Waals surface area contributed by atoms with Gasteiger partial charge in [-0.15, -0.1) is 0 Å². The Kier molecular flexibility index (Phi) is 5.06. The summed E-state index contributed by atoms with van der Waals surface area (Å²) in [4.78, 5) is 17.1. The van der Waals surface area contributed by atoms with Crippen LogP contribution in [0.5, 0.6) is 5.75 Å². The normalized spacial score (nSPS) is 11.9. The van der Waals surface area contributed by atoms with Gasteiger partial charge in [0.2, 0.25) is 0 Å². The van der Waals surface area contributed by atoms with Gasteiger partial charge in [0.15, 0.2) is 5.76 Å². The van der Waals surface area contributed by atoms with Gasteiger partial charge in [-0.2, -0.15) is 0 Å². The highest BCUT2D eigenvalue weighted by atomic mass is 16.5. The molecule has 28 heavy (non-hydrogen) atoms. The number of carbonyl (C=O) groups is 1. The van der Waals surface area contributed by atoms with Crippen molar-refractivity contribution in [3.63, 3.8) is 0 Å². The van der Waals surface area contributed by atoms with Gasteiger partial charge in [0, 0.05) is 23.3 Å². The Morgan fingerprint density at radius 2 is 1.86 bits per heavy atom. The Bertz CT molecular complexity index is 1070. The van der Waals surface area contributed by atoms with E-state index in [4.69, 9.17) is 9.15 Å². The van der Waals surface area contributed by atoms with Crippen molar-refractivity contribution >= 4 is 16.9 Å². The molecule has 0 radical (unpaired) electrons. The molecule has 4 aromatic rings. The van der Waals surface area contributed by atoms with Crippen LogP contribution in [0.1, 0.15) is 34.6 Å². The molecule has 0 aliphatic rings. The molecule has 4 rings (SSSR count). The number of nitrogens with one attached hydrogen (secondary N) is 1. The van der Waals surface area contributed by atoms with Crippen molar-refractivity contribution in [2.24, 2.45) is 0 Å². The Balaban J connectivity index is 1.61. The van der Waals surface area contributed by atoms with Gasteiger partial charge in [0.05, 0.1) is 6.04 Å². The highest BCUT2D eigenvalue weighted by Crippen LogP contribution is 2.28. The monoisotopic (exact) mass is 372 g/mol. The largest absolute Gasteiger partial charge is 0.489 e. The molecular weight excluding hydrogens is 352 g/mol. The molecule has 2 aromatic heterocycles. The number of amides is 1. The third kappa shape index (κ3) is 3.74. The fraction of sp³-hybridized carbons (Fsp3) is 0.130. The number of pyridine rings is 1. The van der Waals surface area contributed by atoms with Crippen molar-refractivity contribution in [1.82, 2.24) is 10.3 Å². The summed E-state index contributed by atoms with van der Waals surface area (Å²) in [5, 5.41) is 3.86. The average molecular weight is 372 g/mol. The number of para-hydroxylation sites is 2. The summed E-state index contributed by atoms with van der Waals surface area (Å²) in [5.74, 6) is 0.731. The topological polar surface area (TPSA) is 64.4 Å². The van der Waals surface area contributed by atoms with Crippen LogP contribution >= 0.6 is 0 Å². The van der Waals surface area contributed by atoms with Crippen LogP contribution < -0.4 is 10.1 Å². The number of nitrogens with zero attached hydrogens (tertiary/aromatic N) is 1. The van der Waals surface area contributed by atoms with Gasteiger partial charge in [-0.1, -0.05) is 42.5 Å². The minimum atomic E-state index is -0.279. The van der Waals surface area contributed by atoms with Crippen LogP contribution in [0.4, 0.5) is 0 Å². The van der Waals surface area contributed by atoms with Gasteiger partial charge in [-0.25, -0.2) is 0 Å². The van der Waals surface area contributed by atoms with Crippen LogP contribution in [0.2, 0.25) is 0 Å². The quantitative estimate of drug-likeness (QED) is 0.523. The van der Waals surface area contributed by atoms with Crippen LogP contribution in [0.15, 0.2) is 83.5 Å². The van der Waals surface area contributed by atoms with E-state index in [1.807, 2.05) is 73.7 Å². The first-order valence-corrected chi connectivity index (χ1v) is 9.11. The molecule has 0 aliphatic heterocycles. The first-order chi connectivity index (χ1) is 13.7. The zero-order valence-corrected chi connectivity index (χ0v) is 15.5. The summed E-state index contributed by atoms with van der Waals surface area (Å²) in [6.45, 7) is 2.16. The number of hydrogen-bond donors (Lipinski definition) is 1. The molecule has 1 amide bonds. The van der Waals surface area contributed by atoms with E-state index in [9.17, 15) is 4.79 Å². The second-order valence-electron chi connectivity index (χ2n) is 6.49. The summed E-state index contributed by atoms with van der Waals surface area (Å²) < 4.78 is 11.8. The molecule has 0 spiro atoms. The van der Waals surface area contributed by atoms with Crippen LogP contribution in [-0.4, -0.2) is 10.9 Å². The van der Waals surface area contributed by atoms with Gasteiger partial charge in [-0.05, 0) is 36.8 Å². The van der Waals surface area contributed by atoms with Crippen LogP contribution in [0.25, 0.3) is 11.0 Å². The molecule has 0 unspecified atom stereocenters. The second kappa shape index (κ2) is 7.96. The van der Waals surface area contributed by atoms with Gasteiger partial charge < -0.3 is 14.5 Å². The van der Waals surface area contributed by atoms with Gasteiger partial charge in [0.25, 0.3) is 5.91 Å². The zero-order valence-electron chi connectivity index (χ0n) is 15.5. The SMILES string of the molecule is C[C@@H](NC(=O)c1oc2ccccc2c1COc1ccccc1)c1cccnc1. The van der Waals surface area contributed by atoms with E-state index in [0.717, 1.165) is 22.3 Å². The van der Waals surface area contributed by atoms with E-state index in [-0.39, 0.29) is 24.3 Å². The molecule has 140 valence electrons. The maximum atomic E-state index is 12.9. The molecule has 5 heteroatoms. The Labute approximate surface area is 163 Å². The van der Waals surface area contributed by atoms with Crippen molar-refractivity contribution < 1.29 is 13.9 Å². The number of ether oxygens (including phenoxy) is 1.